The molecule has 0 radical (unpaired) electrons. The summed E-state index contributed by atoms with van der Waals surface area (Å²) in [7, 11) is 0. The number of nitrogens with zero attached hydrogens (tertiary/aromatic N) is 1. The lowest BCUT2D eigenvalue weighted by molar-refractivity contribution is 0.312. The zero-order valence-corrected chi connectivity index (χ0v) is 16.0. The first-order chi connectivity index (χ1) is 12.3. The van der Waals surface area contributed by atoms with Crippen molar-refractivity contribution in [3.63, 3.8) is 0 Å². The number of anilines is 1. The Kier molecular flexibility index (Phi) is 6.50. The van der Waals surface area contributed by atoms with Crippen LogP contribution in [-0.2, 0) is 6.54 Å². The summed E-state index contributed by atoms with van der Waals surface area (Å²) in [5.74, 6) is -0.146. The van der Waals surface area contributed by atoms with E-state index in [1.165, 1.54) is 11.1 Å². The van der Waals surface area contributed by atoms with Crippen molar-refractivity contribution in [2.24, 2.45) is 0 Å². The normalized spacial score (nSPS) is 11.6. The Balaban J connectivity index is 2.46. The van der Waals surface area contributed by atoms with Crippen molar-refractivity contribution in [2.45, 2.75) is 47.1 Å². The molecular formula is C21H28N2O3. The third-order valence-corrected chi connectivity index (χ3v) is 4.22. The molecule has 0 spiro atoms. The molecule has 0 amide bonds. The number of fused-ring (bicyclic) bond motifs is 1. The standard InChI is InChI=1S/C21H28N2O3/c1-5-26-20-19(24)17-10-9-16(22)13-18(17)23(21(20)25)12-11-15(4)8-6-7-14(2)3/h7,9-11,13,24H,5-6,8,12,22H2,1-4H3. The molecule has 1 heterocycles. The lowest BCUT2D eigenvalue weighted by Crippen LogP contribution is -2.22. The van der Waals surface area contributed by atoms with Crippen LogP contribution in [0.3, 0.4) is 0 Å². The van der Waals surface area contributed by atoms with Crippen LogP contribution in [-0.4, -0.2) is 16.3 Å². The van der Waals surface area contributed by atoms with Gasteiger partial charge in [0.1, 0.15) is 0 Å². The van der Waals surface area contributed by atoms with Gasteiger partial charge in [-0.15, -0.1) is 0 Å². The molecule has 1 aromatic carbocycles. The van der Waals surface area contributed by atoms with E-state index in [0.29, 0.717) is 29.7 Å². The van der Waals surface area contributed by atoms with Crippen molar-refractivity contribution >= 4 is 16.6 Å². The molecule has 0 aliphatic heterocycles. The largest absolute Gasteiger partial charge is 0.504 e. The van der Waals surface area contributed by atoms with E-state index in [1.54, 1.807) is 29.7 Å². The molecule has 26 heavy (non-hydrogen) atoms. The van der Waals surface area contributed by atoms with Crippen molar-refractivity contribution in [1.29, 1.82) is 0 Å². The third-order valence-electron chi connectivity index (χ3n) is 4.22. The first-order valence-corrected chi connectivity index (χ1v) is 8.92. The summed E-state index contributed by atoms with van der Waals surface area (Å²) in [6, 6.07) is 5.12. The monoisotopic (exact) mass is 356 g/mol. The van der Waals surface area contributed by atoms with Gasteiger partial charge in [-0.3, -0.25) is 4.79 Å². The van der Waals surface area contributed by atoms with Crippen LogP contribution < -0.4 is 16.0 Å². The van der Waals surface area contributed by atoms with Crippen LogP contribution >= 0.6 is 0 Å². The van der Waals surface area contributed by atoms with E-state index in [9.17, 15) is 9.90 Å². The highest BCUT2D eigenvalue weighted by atomic mass is 16.5. The fourth-order valence-electron chi connectivity index (χ4n) is 2.82. The number of nitrogens with two attached hydrogens (primary N) is 1. The Morgan fingerprint density at radius 1 is 1.27 bits per heavy atom. The maximum Gasteiger partial charge on any atom is 0.297 e. The first-order valence-electron chi connectivity index (χ1n) is 8.92. The van der Waals surface area contributed by atoms with Gasteiger partial charge >= 0.3 is 0 Å². The van der Waals surface area contributed by atoms with Gasteiger partial charge in [0, 0.05) is 17.6 Å². The first kappa shape index (κ1) is 19.6. The summed E-state index contributed by atoms with van der Waals surface area (Å²) < 4.78 is 7.00. The summed E-state index contributed by atoms with van der Waals surface area (Å²) in [5.41, 5.74) is 9.19. The van der Waals surface area contributed by atoms with Gasteiger partial charge in [0.05, 0.1) is 12.1 Å². The summed E-state index contributed by atoms with van der Waals surface area (Å²) in [6.45, 7) is 8.72. The maximum absolute atomic E-state index is 12.8. The zero-order chi connectivity index (χ0) is 19.3. The summed E-state index contributed by atoms with van der Waals surface area (Å²) >= 11 is 0. The number of rotatable bonds is 7. The number of aromatic nitrogens is 1. The van der Waals surface area contributed by atoms with E-state index in [1.807, 2.05) is 6.08 Å². The molecule has 0 aliphatic rings. The van der Waals surface area contributed by atoms with E-state index >= 15 is 0 Å². The fraction of sp³-hybridized carbons (Fsp3) is 0.381. The number of aromatic hydroxyl groups is 1. The second-order valence-corrected chi connectivity index (χ2v) is 6.67. The predicted octanol–water partition coefficient (Wildman–Crippen LogP) is 4.38. The van der Waals surface area contributed by atoms with Gasteiger partial charge in [-0.05, 0) is 58.7 Å². The molecule has 140 valence electrons. The number of pyridine rings is 1. The molecule has 2 aromatic rings. The fourth-order valence-corrected chi connectivity index (χ4v) is 2.82. The van der Waals surface area contributed by atoms with Crippen LogP contribution in [0.5, 0.6) is 11.5 Å². The average Bonchev–Trinajstić information content (AvgIpc) is 2.58. The van der Waals surface area contributed by atoms with E-state index in [4.69, 9.17) is 10.5 Å². The summed E-state index contributed by atoms with van der Waals surface area (Å²) in [4.78, 5) is 12.8. The van der Waals surface area contributed by atoms with Crippen LogP contribution in [0.2, 0.25) is 0 Å². The number of hydrogen-bond donors (Lipinski definition) is 2. The molecule has 5 nitrogen and oxygen atoms in total. The highest BCUT2D eigenvalue weighted by molar-refractivity contribution is 5.89. The van der Waals surface area contributed by atoms with Crippen LogP contribution in [0.4, 0.5) is 5.69 Å². The quantitative estimate of drug-likeness (QED) is 0.570. The van der Waals surface area contributed by atoms with Crippen molar-refractivity contribution in [2.75, 3.05) is 12.3 Å². The highest BCUT2D eigenvalue weighted by Gasteiger charge is 2.17. The molecule has 3 N–H and O–H groups in total. The van der Waals surface area contributed by atoms with Crippen molar-refractivity contribution in [3.8, 4) is 11.5 Å². The van der Waals surface area contributed by atoms with Gasteiger partial charge in [0.2, 0.25) is 5.75 Å². The van der Waals surface area contributed by atoms with Crippen LogP contribution in [0, 0.1) is 0 Å². The molecule has 0 bridgehead atoms. The lowest BCUT2D eigenvalue weighted by Gasteiger charge is -2.14. The molecule has 0 saturated heterocycles. The van der Waals surface area contributed by atoms with Crippen molar-refractivity contribution in [3.05, 3.63) is 51.9 Å². The van der Waals surface area contributed by atoms with E-state index in [0.717, 1.165) is 12.8 Å². The Morgan fingerprint density at radius 2 is 2.00 bits per heavy atom. The summed E-state index contributed by atoms with van der Waals surface area (Å²) in [6.07, 6.45) is 6.16. The highest BCUT2D eigenvalue weighted by Crippen LogP contribution is 2.32. The molecule has 0 fully saturated rings. The Bertz CT molecular complexity index is 904. The predicted molar refractivity (Wildman–Crippen MR) is 108 cm³/mol. The molecule has 0 saturated carbocycles. The van der Waals surface area contributed by atoms with E-state index in [2.05, 4.69) is 26.8 Å². The van der Waals surface area contributed by atoms with Gasteiger partial charge < -0.3 is 20.1 Å². The molecule has 0 aliphatic carbocycles. The van der Waals surface area contributed by atoms with Crippen LogP contribution in [0.15, 0.2) is 46.3 Å². The summed E-state index contributed by atoms with van der Waals surface area (Å²) in [5, 5.41) is 11.0. The van der Waals surface area contributed by atoms with Gasteiger partial charge in [-0.2, -0.15) is 0 Å². The molecule has 2 rings (SSSR count). The molecule has 0 atom stereocenters. The molecule has 0 unspecified atom stereocenters. The number of allylic oxidation sites excluding steroid dienone is 4. The second-order valence-electron chi connectivity index (χ2n) is 6.67. The third kappa shape index (κ3) is 4.48. The van der Waals surface area contributed by atoms with Gasteiger partial charge in [-0.25, -0.2) is 0 Å². The number of nitrogen functional groups attached to an aromatic ring is 1. The smallest absolute Gasteiger partial charge is 0.297 e. The van der Waals surface area contributed by atoms with Crippen molar-refractivity contribution < 1.29 is 9.84 Å². The van der Waals surface area contributed by atoms with E-state index < -0.39 is 0 Å². The minimum absolute atomic E-state index is 0.0136. The maximum atomic E-state index is 12.8. The Labute approximate surface area is 154 Å². The van der Waals surface area contributed by atoms with Gasteiger partial charge in [-0.1, -0.05) is 23.3 Å². The van der Waals surface area contributed by atoms with Crippen LogP contribution in [0.1, 0.15) is 40.5 Å². The SMILES string of the molecule is CCOc1c(O)c2ccc(N)cc2n(CC=C(C)CCC=C(C)C)c1=O. The van der Waals surface area contributed by atoms with Crippen LogP contribution in [0.25, 0.3) is 10.9 Å². The number of benzene rings is 1. The van der Waals surface area contributed by atoms with Gasteiger partial charge in [0.25, 0.3) is 5.56 Å². The Morgan fingerprint density at radius 3 is 2.65 bits per heavy atom. The minimum Gasteiger partial charge on any atom is -0.504 e. The topological polar surface area (TPSA) is 77.5 Å². The molecule has 1 aromatic heterocycles. The number of hydrogen-bond acceptors (Lipinski definition) is 4. The number of ether oxygens (including phenoxy) is 1. The zero-order valence-electron chi connectivity index (χ0n) is 16.0. The molecule has 5 heteroatoms. The van der Waals surface area contributed by atoms with E-state index in [-0.39, 0.29) is 17.1 Å². The average molecular weight is 356 g/mol. The lowest BCUT2D eigenvalue weighted by atomic mass is 10.1. The molecular weight excluding hydrogens is 328 g/mol. The Hall–Kier alpha value is -2.69. The van der Waals surface area contributed by atoms with Gasteiger partial charge in [0.15, 0.2) is 5.75 Å². The van der Waals surface area contributed by atoms with Crippen molar-refractivity contribution in [1.82, 2.24) is 4.57 Å². The minimum atomic E-state index is -0.351. The second kappa shape index (κ2) is 8.61.